The summed E-state index contributed by atoms with van der Waals surface area (Å²) in [5.74, 6) is -1.32. The second kappa shape index (κ2) is 9.92. The molecule has 2 aliphatic rings. The van der Waals surface area contributed by atoms with Gasteiger partial charge in [-0.25, -0.2) is 8.78 Å². The predicted molar refractivity (Wildman–Crippen MR) is 128 cm³/mol. The molecule has 0 bridgehead atoms. The lowest BCUT2D eigenvalue weighted by atomic mass is 9.62. The zero-order chi connectivity index (χ0) is 25.3. The Labute approximate surface area is 200 Å². The molecule has 3 rings (SSSR count). The SMILES string of the molecule is CN=N/C(=C\C(C)C1CC[C@](C)(C(=O)N2CC[C@H](NC(C)=O)C2)C1(C)C)c1c(F)cccc1F. The molecule has 1 heterocycles. The Morgan fingerprint density at radius 1 is 1.21 bits per heavy atom. The molecule has 1 aliphatic carbocycles. The van der Waals surface area contributed by atoms with Gasteiger partial charge in [0.15, 0.2) is 0 Å². The van der Waals surface area contributed by atoms with Gasteiger partial charge in [-0.15, -0.1) is 0 Å². The van der Waals surface area contributed by atoms with Crippen LogP contribution in [0.1, 0.15) is 59.4 Å². The zero-order valence-corrected chi connectivity index (χ0v) is 21.0. The summed E-state index contributed by atoms with van der Waals surface area (Å²) in [6, 6.07) is 3.73. The van der Waals surface area contributed by atoms with Crippen molar-refractivity contribution in [3.05, 3.63) is 41.5 Å². The predicted octanol–water partition coefficient (Wildman–Crippen LogP) is 5.20. The molecule has 1 aromatic rings. The molecular formula is C26H36F2N4O2. The van der Waals surface area contributed by atoms with Gasteiger partial charge >= 0.3 is 0 Å². The Balaban J connectivity index is 1.85. The van der Waals surface area contributed by atoms with E-state index in [1.807, 2.05) is 18.7 Å². The number of amides is 2. The van der Waals surface area contributed by atoms with Gasteiger partial charge in [-0.05, 0) is 48.6 Å². The topological polar surface area (TPSA) is 74.1 Å². The number of halogens is 2. The minimum absolute atomic E-state index is 0.00940. The van der Waals surface area contributed by atoms with Crippen LogP contribution in [0.25, 0.3) is 5.70 Å². The number of carbonyl (C=O) groups excluding carboxylic acids is 2. The number of hydrogen-bond donors (Lipinski definition) is 1. The highest BCUT2D eigenvalue weighted by molar-refractivity contribution is 5.84. The fraction of sp³-hybridized carbons (Fsp3) is 0.615. The van der Waals surface area contributed by atoms with Crippen LogP contribution in [0.4, 0.5) is 8.78 Å². The van der Waals surface area contributed by atoms with Crippen LogP contribution in [0.5, 0.6) is 0 Å². The first-order valence-electron chi connectivity index (χ1n) is 11.9. The maximum Gasteiger partial charge on any atom is 0.229 e. The Morgan fingerprint density at radius 3 is 2.44 bits per heavy atom. The Morgan fingerprint density at radius 2 is 1.85 bits per heavy atom. The molecule has 1 N–H and O–H groups in total. The van der Waals surface area contributed by atoms with Crippen molar-refractivity contribution in [3.8, 4) is 0 Å². The third-order valence-corrected chi connectivity index (χ3v) is 8.14. The average molecular weight is 475 g/mol. The quantitative estimate of drug-likeness (QED) is 0.575. The summed E-state index contributed by atoms with van der Waals surface area (Å²) < 4.78 is 28.9. The third kappa shape index (κ3) is 4.77. The van der Waals surface area contributed by atoms with Gasteiger partial charge in [-0.3, -0.25) is 9.59 Å². The fourth-order valence-corrected chi connectivity index (χ4v) is 5.92. The van der Waals surface area contributed by atoms with Crippen molar-refractivity contribution in [2.45, 2.75) is 59.9 Å². The van der Waals surface area contributed by atoms with Crippen molar-refractivity contribution < 1.29 is 18.4 Å². The van der Waals surface area contributed by atoms with Crippen LogP contribution >= 0.6 is 0 Å². The summed E-state index contributed by atoms with van der Waals surface area (Å²) in [7, 11) is 1.47. The highest BCUT2D eigenvalue weighted by atomic mass is 19.1. The number of hydrogen-bond acceptors (Lipinski definition) is 4. The summed E-state index contributed by atoms with van der Waals surface area (Å²) in [6.07, 6.45) is 4.07. The maximum atomic E-state index is 14.5. The smallest absolute Gasteiger partial charge is 0.229 e. The number of likely N-dealkylation sites (tertiary alicyclic amines) is 1. The summed E-state index contributed by atoms with van der Waals surface area (Å²) in [4.78, 5) is 27.0. The van der Waals surface area contributed by atoms with Crippen LogP contribution in [0.2, 0.25) is 0 Å². The third-order valence-electron chi connectivity index (χ3n) is 8.14. The van der Waals surface area contributed by atoms with E-state index in [0.717, 1.165) is 19.3 Å². The van der Waals surface area contributed by atoms with Gasteiger partial charge in [-0.1, -0.05) is 39.8 Å². The number of allylic oxidation sites excluding steroid dienone is 1. The van der Waals surface area contributed by atoms with E-state index in [1.54, 1.807) is 6.08 Å². The minimum atomic E-state index is -0.681. The molecule has 1 saturated carbocycles. The van der Waals surface area contributed by atoms with Gasteiger partial charge in [0, 0.05) is 33.1 Å². The summed E-state index contributed by atoms with van der Waals surface area (Å²) in [5, 5.41) is 10.7. The molecular weight excluding hydrogens is 438 g/mol. The largest absolute Gasteiger partial charge is 0.352 e. The van der Waals surface area contributed by atoms with E-state index in [4.69, 9.17) is 0 Å². The number of azo groups is 1. The van der Waals surface area contributed by atoms with Gasteiger partial charge in [0.2, 0.25) is 11.8 Å². The summed E-state index contributed by atoms with van der Waals surface area (Å²) in [5.41, 5.74) is -0.968. The van der Waals surface area contributed by atoms with Crippen molar-refractivity contribution in [2.24, 2.45) is 32.9 Å². The molecule has 34 heavy (non-hydrogen) atoms. The van der Waals surface area contributed by atoms with E-state index < -0.39 is 17.0 Å². The minimum Gasteiger partial charge on any atom is -0.352 e. The molecule has 6 nitrogen and oxygen atoms in total. The summed E-state index contributed by atoms with van der Waals surface area (Å²) in [6.45, 7) is 10.9. The van der Waals surface area contributed by atoms with Gasteiger partial charge in [0.1, 0.15) is 11.6 Å². The second-order valence-electron chi connectivity index (χ2n) is 10.4. The van der Waals surface area contributed by atoms with Crippen LogP contribution in [0, 0.1) is 34.3 Å². The highest BCUT2D eigenvalue weighted by Crippen LogP contribution is 2.59. The lowest BCUT2D eigenvalue weighted by Crippen LogP contribution is -2.49. The summed E-state index contributed by atoms with van der Waals surface area (Å²) >= 11 is 0. The van der Waals surface area contributed by atoms with E-state index in [1.165, 1.54) is 32.2 Å². The molecule has 4 atom stereocenters. The average Bonchev–Trinajstić information content (AvgIpc) is 3.29. The molecule has 1 aromatic carbocycles. The van der Waals surface area contributed by atoms with E-state index in [2.05, 4.69) is 29.4 Å². The van der Waals surface area contributed by atoms with Gasteiger partial charge in [-0.2, -0.15) is 10.2 Å². The molecule has 0 aromatic heterocycles. The fourth-order valence-electron chi connectivity index (χ4n) is 5.92. The number of nitrogens with zero attached hydrogens (tertiary/aromatic N) is 3. The molecule has 8 heteroatoms. The van der Waals surface area contributed by atoms with Gasteiger partial charge in [0.05, 0.1) is 16.7 Å². The lowest BCUT2D eigenvalue weighted by Gasteiger charge is -2.44. The zero-order valence-electron chi connectivity index (χ0n) is 21.0. The molecule has 1 aliphatic heterocycles. The normalized spacial score (nSPS) is 27.9. The maximum absolute atomic E-state index is 14.5. The van der Waals surface area contributed by atoms with E-state index >= 15 is 0 Å². The van der Waals surface area contributed by atoms with Gasteiger partial charge < -0.3 is 10.2 Å². The van der Waals surface area contributed by atoms with Crippen molar-refractivity contribution in [1.82, 2.24) is 10.2 Å². The van der Waals surface area contributed by atoms with E-state index in [-0.39, 0.29) is 46.4 Å². The lowest BCUT2D eigenvalue weighted by molar-refractivity contribution is -0.146. The highest BCUT2D eigenvalue weighted by Gasteiger charge is 2.58. The Hall–Kier alpha value is -2.64. The molecule has 2 fully saturated rings. The van der Waals surface area contributed by atoms with Crippen LogP contribution in [-0.4, -0.2) is 42.9 Å². The van der Waals surface area contributed by atoms with Crippen LogP contribution in [-0.2, 0) is 9.59 Å². The molecule has 2 amide bonds. The number of benzene rings is 1. The standard InChI is InChI=1S/C26H36F2N4O2/c1-16(14-22(31-29-6)23-20(27)8-7-9-21(23)28)19-10-12-26(5,25(19,3)4)24(34)32-13-11-18(15-32)30-17(2)33/h7-9,14,16,18-19H,10-13,15H2,1-6H3,(H,30,33)/b22-14-,31-29?/t16?,18-,19?,26+/m0/s1. The molecule has 1 saturated heterocycles. The number of nitrogens with one attached hydrogen (secondary N) is 1. The monoisotopic (exact) mass is 474 g/mol. The van der Waals surface area contributed by atoms with Crippen molar-refractivity contribution >= 4 is 17.5 Å². The molecule has 186 valence electrons. The van der Waals surface area contributed by atoms with Crippen LogP contribution < -0.4 is 5.32 Å². The second-order valence-corrected chi connectivity index (χ2v) is 10.4. The van der Waals surface area contributed by atoms with Crippen molar-refractivity contribution in [1.29, 1.82) is 0 Å². The van der Waals surface area contributed by atoms with Crippen LogP contribution in [0.15, 0.2) is 34.5 Å². The van der Waals surface area contributed by atoms with Gasteiger partial charge in [0.25, 0.3) is 0 Å². The molecule has 0 spiro atoms. The number of carbonyl (C=O) groups is 2. The first kappa shape index (κ1) is 26.0. The van der Waals surface area contributed by atoms with Crippen molar-refractivity contribution in [3.63, 3.8) is 0 Å². The molecule has 2 unspecified atom stereocenters. The van der Waals surface area contributed by atoms with E-state index in [0.29, 0.717) is 13.1 Å². The Bertz CT molecular complexity index is 986. The van der Waals surface area contributed by atoms with Crippen molar-refractivity contribution in [2.75, 3.05) is 20.1 Å². The van der Waals surface area contributed by atoms with E-state index in [9.17, 15) is 18.4 Å². The number of rotatable bonds is 6. The molecule has 0 radical (unpaired) electrons. The van der Waals surface area contributed by atoms with Crippen LogP contribution in [0.3, 0.4) is 0 Å². The first-order chi connectivity index (χ1) is 15.9. The first-order valence-corrected chi connectivity index (χ1v) is 11.9. The Kier molecular flexibility index (Phi) is 7.58.